The van der Waals surface area contributed by atoms with E-state index in [0.717, 1.165) is 25.7 Å². The van der Waals surface area contributed by atoms with Gasteiger partial charge in [0.05, 0.1) is 0 Å². The maximum atomic E-state index is 12.2. The summed E-state index contributed by atoms with van der Waals surface area (Å²) in [6.45, 7) is 10.3. The Bertz CT molecular complexity index is 344. The van der Waals surface area contributed by atoms with Crippen LogP contribution >= 0.6 is 0 Å². The van der Waals surface area contributed by atoms with Crippen molar-refractivity contribution in [2.45, 2.75) is 110 Å². The highest BCUT2D eigenvalue weighted by atomic mass is 16.6. The summed E-state index contributed by atoms with van der Waals surface area (Å²) >= 11 is 0. The molecule has 4 heteroatoms. The van der Waals surface area contributed by atoms with Crippen molar-refractivity contribution in [2.24, 2.45) is 0 Å². The van der Waals surface area contributed by atoms with Crippen LogP contribution in [0.15, 0.2) is 0 Å². The first-order chi connectivity index (χ1) is 10.7. The zero-order chi connectivity index (χ0) is 17.5. The molecule has 0 aliphatic heterocycles. The van der Waals surface area contributed by atoms with Crippen LogP contribution in [0.1, 0.15) is 86.0 Å². The van der Waals surface area contributed by atoms with Gasteiger partial charge in [-0.2, -0.15) is 0 Å². The minimum atomic E-state index is -0.419. The van der Waals surface area contributed by atoms with E-state index in [1.807, 2.05) is 27.8 Å². The van der Waals surface area contributed by atoms with Crippen LogP contribution in [-0.2, 0) is 4.74 Å². The lowest BCUT2D eigenvalue weighted by Crippen LogP contribution is -2.46. The van der Waals surface area contributed by atoms with E-state index >= 15 is 0 Å². The molecule has 0 aromatic heterocycles. The summed E-state index contributed by atoms with van der Waals surface area (Å²) in [5.74, 6) is 0. The van der Waals surface area contributed by atoms with Crippen molar-refractivity contribution >= 4 is 6.09 Å². The van der Waals surface area contributed by atoms with Gasteiger partial charge in [-0.05, 0) is 59.8 Å². The highest BCUT2D eigenvalue weighted by Gasteiger charge is 2.29. The first-order valence-electron chi connectivity index (χ1n) is 9.44. The molecule has 1 aliphatic rings. The molecule has 1 aliphatic carbocycles. The van der Waals surface area contributed by atoms with Gasteiger partial charge in [-0.15, -0.1) is 0 Å². The molecule has 0 saturated heterocycles. The minimum absolute atomic E-state index is 0.193. The Morgan fingerprint density at radius 2 is 1.83 bits per heavy atom. The van der Waals surface area contributed by atoms with Crippen molar-refractivity contribution in [3.63, 3.8) is 0 Å². The zero-order valence-electron chi connectivity index (χ0n) is 16.2. The number of unbranched alkanes of at least 4 members (excludes halogenated alkanes) is 2. The molecule has 136 valence electrons. The van der Waals surface area contributed by atoms with Crippen molar-refractivity contribution in [3.8, 4) is 0 Å². The number of hydrogen-bond acceptors (Lipinski definition) is 3. The Morgan fingerprint density at radius 1 is 1.22 bits per heavy atom. The van der Waals surface area contributed by atoms with E-state index in [2.05, 4.69) is 19.2 Å². The van der Waals surface area contributed by atoms with Gasteiger partial charge >= 0.3 is 6.09 Å². The molecule has 0 aromatic carbocycles. The molecule has 0 bridgehead atoms. The quantitative estimate of drug-likeness (QED) is 0.688. The number of hydrogen-bond donors (Lipinski definition) is 1. The Kier molecular flexibility index (Phi) is 8.38. The Labute approximate surface area is 143 Å². The number of carbonyl (C=O) groups is 1. The van der Waals surface area contributed by atoms with Crippen molar-refractivity contribution in [3.05, 3.63) is 0 Å². The fourth-order valence-electron chi connectivity index (χ4n) is 3.30. The molecule has 1 atom stereocenters. The van der Waals surface area contributed by atoms with Crippen LogP contribution in [-0.4, -0.2) is 41.8 Å². The van der Waals surface area contributed by atoms with Gasteiger partial charge in [-0.25, -0.2) is 4.79 Å². The summed E-state index contributed by atoms with van der Waals surface area (Å²) in [6.07, 6.45) is 9.44. The van der Waals surface area contributed by atoms with Crippen LogP contribution in [0.3, 0.4) is 0 Å². The third-order valence-corrected chi connectivity index (χ3v) is 4.69. The zero-order valence-corrected chi connectivity index (χ0v) is 16.2. The van der Waals surface area contributed by atoms with E-state index in [0.29, 0.717) is 18.1 Å². The van der Waals surface area contributed by atoms with Gasteiger partial charge in [-0.3, -0.25) is 0 Å². The molecule has 0 heterocycles. The molecule has 1 amide bonds. The number of rotatable bonds is 7. The van der Waals surface area contributed by atoms with Gasteiger partial charge in [-0.1, -0.05) is 26.2 Å². The Hall–Kier alpha value is -0.770. The minimum Gasteiger partial charge on any atom is -0.444 e. The number of carbonyl (C=O) groups excluding carboxylic acids is 1. The topological polar surface area (TPSA) is 41.6 Å². The first kappa shape index (κ1) is 20.3. The van der Waals surface area contributed by atoms with Gasteiger partial charge < -0.3 is 15.0 Å². The van der Waals surface area contributed by atoms with E-state index in [-0.39, 0.29) is 6.09 Å². The molecule has 4 nitrogen and oxygen atoms in total. The van der Waals surface area contributed by atoms with Crippen LogP contribution in [0.25, 0.3) is 0 Å². The normalized spacial score (nSPS) is 23.4. The predicted octanol–water partition coefficient (Wildman–Crippen LogP) is 4.72. The summed E-state index contributed by atoms with van der Waals surface area (Å²) in [4.78, 5) is 13.9. The third-order valence-electron chi connectivity index (χ3n) is 4.69. The predicted molar refractivity (Wildman–Crippen MR) is 96.8 cm³/mol. The average Bonchev–Trinajstić information content (AvgIpc) is 2.46. The standard InChI is InChI=1S/C19H38N2O2/c1-7-8-9-10-15(2)20-16-11-13-17(14-12-16)21(6)18(22)23-19(3,4)5/h15-17,20H,7-14H2,1-6H3. The second kappa shape index (κ2) is 9.51. The first-order valence-corrected chi connectivity index (χ1v) is 9.44. The lowest BCUT2D eigenvalue weighted by molar-refractivity contribution is 0.0178. The molecule has 0 spiro atoms. The lowest BCUT2D eigenvalue weighted by Gasteiger charge is -2.36. The van der Waals surface area contributed by atoms with Crippen LogP contribution in [0.2, 0.25) is 0 Å². The van der Waals surface area contributed by atoms with Crippen molar-refractivity contribution in [2.75, 3.05) is 7.05 Å². The highest BCUT2D eigenvalue weighted by Crippen LogP contribution is 2.24. The second-order valence-corrected chi connectivity index (χ2v) is 8.16. The van der Waals surface area contributed by atoms with Crippen molar-refractivity contribution in [1.29, 1.82) is 0 Å². The van der Waals surface area contributed by atoms with Crippen LogP contribution in [0.5, 0.6) is 0 Å². The molecule has 1 rings (SSSR count). The van der Waals surface area contributed by atoms with Gasteiger partial charge in [0.15, 0.2) is 0 Å². The number of amides is 1. The third kappa shape index (κ3) is 8.05. The van der Waals surface area contributed by atoms with Crippen LogP contribution in [0, 0.1) is 0 Å². The van der Waals surface area contributed by atoms with Crippen LogP contribution in [0.4, 0.5) is 4.79 Å². The SMILES string of the molecule is CCCCCC(C)NC1CCC(N(C)C(=O)OC(C)(C)C)CC1. The van der Waals surface area contributed by atoms with E-state index in [4.69, 9.17) is 4.74 Å². The van der Waals surface area contributed by atoms with Gasteiger partial charge in [0.1, 0.15) is 5.60 Å². The molecule has 1 saturated carbocycles. The van der Waals surface area contributed by atoms with Gasteiger partial charge in [0, 0.05) is 25.2 Å². The lowest BCUT2D eigenvalue weighted by atomic mass is 9.90. The summed E-state index contributed by atoms with van der Waals surface area (Å²) < 4.78 is 5.47. The largest absolute Gasteiger partial charge is 0.444 e. The molecule has 0 aromatic rings. The number of nitrogens with zero attached hydrogens (tertiary/aromatic N) is 1. The molecule has 1 fully saturated rings. The monoisotopic (exact) mass is 326 g/mol. The van der Waals surface area contributed by atoms with E-state index in [9.17, 15) is 4.79 Å². The maximum absolute atomic E-state index is 12.2. The smallest absolute Gasteiger partial charge is 0.410 e. The maximum Gasteiger partial charge on any atom is 0.410 e. The van der Waals surface area contributed by atoms with Crippen molar-refractivity contribution < 1.29 is 9.53 Å². The Morgan fingerprint density at radius 3 is 2.35 bits per heavy atom. The van der Waals surface area contributed by atoms with Crippen LogP contribution < -0.4 is 5.32 Å². The molecule has 0 radical (unpaired) electrons. The van der Waals surface area contributed by atoms with E-state index in [1.165, 1.54) is 25.7 Å². The van der Waals surface area contributed by atoms with E-state index in [1.54, 1.807) is 4.90 Å². The Balaban J connectivity index is 2.30. The molecule has 1 N–H and O–H groups in total. The van der Waals surface area contributed by atoms with Crippen molar-refractivity contribution in [1.82, 2.24) is 10.2 Å². The molecular weight excluding hydrogens is 288 g/mol. The summed E-state index contributed by atoms with van der Waals surface area (Å²) in [6, 6.07) is 1.53. The molecule has 23 heavy (non-hydrogen) atoms. The summed E-state index contributed by atoms with van der Waals surface area (Å²) in [5, 5.41) is 3.77. The molecular formula is C19H38N2O2. The fourth-order valence-corrected chi connectivity index (χ4v) is 3.30. The van der Waals surface area contributed by atoms with E-state index < -0.39 is 5.60 Å². The number of ether oxygens (including phenoxy) is 1. The second-order valence-electron chi connectivity index (χ2n) is 8.16. The average molecular weight is 327 g/mol. The van der Waals surface area contributed by atoms with Gasteiger partial charge in [0.2, 0.25) is 0 Å². The number of nitrogens with one attached hydrogen (secondary N) is 1. The fraction of sp³-hybridized carbons (Fsp3) is 0.947. The molecule has 1 unspecified atom stereocenters. The summed E-state index contributed by atoms with van der Waals surface area (Å²) in [5.41, 5.74) is -0.419. The highest BCUT2D eigenvalue weighted by molar-refractivity contribution is 5.68. The van der Waals surface area contributed by atoms with Gasteiger partial charge in [0.25, 0.3) is 0 Å². The summed E-state index contributed by atoms with van der Waals surface area (Å²) in [7, 11) is 1.87.